The fourth-order valence-electron chi connectivity index (χ4n) is 3.45. The number of aryl methyl sites for hydroxylation is 1. The Morgan fingerprint density at radius 2 is 2.11 bits per heavy atom. The zero-order valence-electron chi connectivity index (χ0n) is 15.9. The van der Waals surface area contributed by atoms with Crippen LogP contribution in [0.5, 0.6) is 11.5 Å². The Hall–Kier alpha value is -2.77. The lowest BCUT2D eigenvalue weighted by atomic mass is 9.95. The minimum atomic E-state index is 0.155. The van der Waals surface area contributed by atoms with Crippen LogP contribution in [-0.2, 0) is 18.4 Å². The number of hydrogen-bond donors (Lipinski definition) is 2. The minimum Gasteiger partial charge on any atom is -0.454 e. The molecule has 8 nitrogen and oxygen atoms in total. The first-order chi connectivity index (χ1) is 13.2. The zero-order chi connectivity index (χ0) is 18.7. The van der Waals surface area contributed by atoms with Crippen LogP contribution in [0.4, 0.5) is 0 Å². The molecule has 0 bridgehead atoms. The topological polar surface area (TPSA) is 85.6 Å². The van der Waals surface area contributed by atoms with Gasteiger partial charge in [0, 0.05) is 38.5 Å². The van der Waals surface area contributed by atoms with Crippen molar-refractivity contribution in [2.75, 3.05) is 26.9 Å². The van der Waals surface area contributed by atoms with Gasteiger partial charge in [-0.25, -0.2) is 0 Å². The Morgan fingerprint density at radius 1 is 1.26 bits per heavy atom. The van der Waals surface area contributed by atoms with E-state index in [-0.39, 0.29) is 5.41 Å². The van der Waals surface area contributed by atoms with Crippen molar-refractivity contribution in [3.05, 3.63) is 35.9 Å². The predicted octanol–water partition coefficient (Wildman–Crippen LogP) is 1.47. The molecule has 2 aliphatic rings. The summed E-state index contributed by atoms with van der Waals surface area (Å²) in [6.07, 6.45) is 4.98. The number of hydrogen-bond acceptors (Lipinski definition) is 5. The normalized spacial score (nSPS) is 17.0. The molecule has 4 rings (SSSR count). The van der Waals surface area contributed by atoms with E-state index in [1.165, 1.54) is 5.56 Å². The minimum absolute atomic E-state index is 0.155. The summed E-state index contributed by atoms with van der Waals surface area (Å²) in [5.41, 5.74) is 1.45. The number of benzene rings is 1. The number of aliphatic imine (C=N–C) groups is 1. The van der Waals surface area contributed by atoms with E-state index in [2.05, 4.69) is 49.4 Å². The van der Waals surface area contributed by atoms with Crippen LogP contribution in [0.3, 0.4) is 0 Å². The van der Waals surface area contributed by atoms with E-state index in [0.29, 0.717) is 6.79 Å². The van der Waals surface area contributed by atoms with Crippen LogP contribution in [0.1, 0.15) is 31.2 Å². The molecule has 2 N–H and O–H groups in total. The summed E-state index contributed by atoms with van der Waals surface area (Å²) >= 11 is 0. The summed E-state index contributed by atoms with van der Waals surface area (Å²) in [6, 6.07) is 6.28. The Balaban J connectivity index is 1.30. The van der Waals surface area contributed by atoms with Gasteiger partial charge in [0.1, 0.15) is 12.2 Å². The van der Waals surface area contributed by atoms with Crippen LogP contribution < -0.4 is 20.1 Å². The van der Waals surface area contributed by atoms with Gasteiger partial charge in [0.15, 0.2) is 17.5 Å². The van der Waals surface area contributed by atoms with E-state index >= 15 is 0 Å². The first kappa shape index (κ1) is 17.6. The van der Waals surface area contributed by atoms with Crippen molar-refractivity contribution in [2.24, 2.45) is 4.99 Å². The molecule has 0 saturated heterocycles. The summed E-state index contributed by atoms with van der Waals surface area (Å²) in [5, 5.41) is 14.9. The summed E-state index contributed by atoms with van der Waals surface area (Å²) in [5.74, 6) is 3.50. The van der Waals surface area contributed by atoms with Gasteiger partial charge in [0.25, 0.3) is 0 Å². The molecule has 8 heteroatoms. The number of guanidine groups is 1. The Morgan fingerprint density at radius 3 is 2.89 bits per heavy atom. The van der Waals surface area contributed by atoms with Crippen molar-refractivity contribution >= 4 is 5.96 Å². The monoisotopic (exact) mass is 370 g/mol. The van der Waals surface area contributed by atoms with Crippen molar-refractivity contribution in [1.82, 2.24) is 25.4 Å². The molecule has 0 atom stereocenters. The molecule has 27 heavy (non-hydrogen) atoms. The second kappa shape index (κ2) is 7.46. The average molecular weight is 370 g/mol. The number of nitrogens with zero attached hydrogens (tertiary/aromatic N) is 4. The molecule has 0 spiro atoms. The van der Waals surface area contributed by atoms with Crippen molar-refractivity contribution in [3.8, 4) is 11.5 Å². The largest absolute Gasteiger partial charge is 0.454 e. The molecule has 1 aromatic heterocycles. The SMILES string of the molecule is CCc1nncn1CCNC(=NC)NCC1(c2ccc3c(c2)OCO3)CC1. The molecular formula is C19H26N6O2. The Kier molecular flexibility index (Phi) is 4.87. The fourth-order valence-corrected chi connectivity index (χ4v) is 3.45. The highest BCUT2D eigenvalue weighted by Gasteiger charge is 2.44. The fraction of sp³-hybridized carbons (Fsp3) is 0.526. The van der Waals surface area contributed by atoms with E-state index in [1.807, 2.05) is 6.07 Å². The van der Waals surface area contributed by atoms with Crippen LogP contribution >= 0.6 is 0 Å². The summed E-state index contributed by atoms with van der Waals surface area (Å²) in [6.45, 7) is 4.82. The van der Waals surface area contributed by atoms with Gasteiger partial charge in [-0.15, -0.1) is 10.2 Å². The molecule has 1 fully saturated rings. The van der Waals surface area contributed by atoms with E-state index < -0.39 is 0 Å². The highest BCUT2D eigenvalue weighted by atomic mass is 16.7. The van der Waals surface area contributed by atoms with Gasteiger partial charge < -0.3 is 24.7 Å². The van der Waals surface area contributed by atoms with Gasteiger partial charge in [0.05, 0.1) is 0 Å². The predicted molar refractivity (Wildman–Crippen MR) is 102 cm³/mol. The van der Waals surface area contributed by atoms with Crippen molar-refractivity contribution < 1.29 is 9.47 Å². The second-order valence-corrected chi connectivity index (χ2v) is 7.00. The van der Waals surface area contributed by atoms with E-state index in [0.717, 1.165) is 62.2 Å². The van der Waals surface area contributed by atoms with E-state index in [4.69, 9.17) is 9.47 Å². The highest BCUT2D eigenvalue weighted by Crippen LogP contribution is 2.49. The van der Waals surface area contributed by atoms with Crippen LogP contribution in [0.25, 0.3) is 0 Å². The molecule has 0 amide bonds. The molecule has 2 aromatic rings. The number of nitrogens with one attached hydrogen (secondary N) is 2. The third-order valence-electron chi connectivity index (χ3n) is 5.31. The second-order valence-electron chi connectivity index (χ2n) is 7.00. The molecule has 0 unspecified atom stereocenters. The van der Waals surface area contributed by atoms with Gasteiger partial charge in [-0.05, 0) is 30.5 Å². The van der Waals surface area contributed by atoms with Gasteiger partial charge in [0.2, 0.25) is 6.79 Å². The quantitative estimate of drug-likeness (QED) is 0.567. The van der Waals surface area contributed by atoms with Crippen LogP contribution in [-0.4, -0.2) is 47.7 Å². The molecule has 1 aromatic carbocycles. The molecule has 1 aliphatic carbocycles. The first-order valence-corrected chi connectivity index (χ1v) is 9.45. The summed E-state index contributed by atoms with van der Waals surface area (Å²) in [7, 11) is 1.80. The summed E-state index contributed by atoms with van der Waals surface area (Å²) in [4.78, 5) is 4.34. The van der Waals surface area contributed by atoms with Crippen molar-refractivity contribution in [2.45, 2.75) is 38.1 Å². The van der Waals surface area contributed by atoms with Crippen molar-refractivity contribution in [3.63, 3.8) is 0 Å². The number of rotatable bonds is 7. The van der Waals surface area contributed by atoms with Gasteiger partial charge in [-0.2, -0.15) is 0 Å². The lowest BCUT2D eigenvalue weighted by Gasteiger charge is -2.19. The van der Waals surface area contributed by atoms with Crippen LogP contribution in [0.2, 0.25) is 0 Å². The van der Waals surface area contributed by atoms with Gasteiger partial charge in [-0.1, -0.05) is 13.0 Å². The highest BCUT2D eigenvalue weighted by molar-refractivity contribution is 5.79. The standard InChI is InChI=1S/C19H26N6O2/c1-3-17-24-23-12-25(17)9-8-21-18(20-2)22-11-19(6-7-19)14-4-5-15-16(10-14)27-13-26-15/h4-5,10,12H,3,6-9,11,13H2,1-2H3,(H2,20,21,22). The van der Waals surface area contributed by atoms with E-state index in [9.17, 15) is 0 Å². The molecule has 144 valence electrons. The molecule has 1 saturated carbocycles. The molecule has 1 aliphatic heterocycles. The van der Waals surface area contributed by atoms with Gasteiger partial charge in [-0.3, -0.25) is 4.99 Å². The number of fused-ring (bicyclic) bond motifs is 1. The zero-order valence-corrected chi connectivity index (χ0v) is 15.9. The van der Waals surface area contributed by atoms with Crippen LogP contribution in [0, 0.1) is 0 Å². The van der Waals surface area contributed by atoms with Gasteiger partial charge >= 0.3 is 0 Å². The van der Waals surface area contributed by atoms with Crippen LogP contribution in [0.15, 0.2) is 29.5 Å². The lowest BCUT2D eigenvalue weighted by Crippen LogP contribution is -2.42. The Labute approximate surface area is 159 Å². The number of aromatic nitrogens is 3. The maximum atomic E-state index is 5.52. The molecule has 0 radical (unpaired) electrons. The average Bonchev–Trinajstić information content (AvgIpc) is 3.13. The van der Waals surface area contributed by atoms with E-state index in [1.54, 1.807) is 13.4 Å². The Bertz CT molecular complexity index is 827. The third kappa shape index (κ3) is 3.70. The first-order valence-electron chi connectivity index (χ1n) is 9.45. The smallest absolute Gasteiger partial charge is 0.231 e. The maximum absolute atomic E-state index is 5.52. The molecule has 2 heterocycles. The third-order valence-corrected chi connectivity index (χ3v) is 5.31. The summed E-state index contributed by atoms with van der Waals surface area (Å²) < 4.78 is 13.0. The van der Waals surface area contributed by atoms with Crippen molar-refractivity contribution in [1.29, 1.82) is 0 Å². The number of ether oxygens (including phenoxy) is 2. The maximum Gasteiger partial charge on any atom is 0.231 e. The molecular weight excluding hydrogens is 344 g/mol. The lowest BCUT2D eigenvalue weighted by molar-refractivity contribution is 0.174.